The molecule has 0 aliphatic carbocycles. The van der Waals surface area contributed by atoms with Crippen molar-refractivity contribution in [3.05, 3.63) is 65.7 Å². The fourth-order valence-corrected chi connectivity index (χ4v) is 3.53. The van der Waals surface area contributed by atoms with Crippen molar-refractivity contribution in [2.45, 2.75) is 32.7 Å². The van der Waals surface area contributed by atoms with E-state index in [0.29, 0.717) is 17.2 Å². The molecule has 28 heavy (non-hydrogen) atoms. The Labute approximate surface area is 166 Å². The van der Waals surface area contributed by atoms with E-state index in [1.54, 1.807) is 12.1 Å². The number of rotatable bonds is 5. The smallest absolute Gasteiger partial charge is 0.255 e. The van der Waals surface area contributed by atoms with Gasteiger partial charge in [-0.3, -0.25) is 9.59 Å². The largest absolute Gasteiger partial charge is 0.339 e. The quantitative estimate of drug-likeness (QED) is 0.829. The van der Waals surface area contributed by atoms with E-state index in [4.69, 9.17) is 5.73 Å². The van der Waals surface area contributed by atoms with E-state index < -0.39 is 12.0 Å². The van der Waals surface area contributed by atoms with Crippen LogP contribution in [-0.4, -0.2) is 29.8 Å². The van der Waals surface area contributed by atoms with Gasteiger partial charge in [-0.05, 0) is 36.5 Å². The van der Waals surface area contributed by atoms with Gasteiger partial charge in [0.1, 0.15) is 0 Å². The highest BCUT2D eigenvalue weighted by Crippen LogP contribution is 2.24. The molecule has 2 aromatic carbocycles. The minimum absolute atomic E-state index is 0.0252. The van der Waals surface area contributed by atoms with Crippen molar-refractivity contribution in [1.29, 1.82) is 0 Å². The molecule has 148 valence electrons. The second-order valence-electron chi connectivity index (χ2n) is 7.73. The Balaban J connectivity index is 1.72. The number of hydrogen-bond donors (Lipinski definition) is 2. The first-order chi connectivity index (χ1) is 13.5. The Morgan fingerprint density at radius 3 is 2.32 bits per heavy atom. The fraction of sp³-hybridized carbons (Fsp3) is 0.391. The lowest BCUT2D eigenvalue weighted by Crippen LogP contribution is -2.38. The van der Waals surface area contributed by atoms with E-state index in [0.717, 1.165) is 31.5 Å². The maximum absolute atomic E-state index is 13.0. The third-order valence-corrected chi connectivity index (χ3v) is 5.62. The monoisotopic (exact) mass is 379 g/mol. The zero-order chi connectivity index (χ0) is 20.1. The second-order valence-corrected chi connectivity index (χ2v) is 7.73. The van der Waals surface area contributed by atoms with E-state index in [9.17, 15) is 9.59 Å². The van der Waals surface area contributed by atoms with E-state index >= 15 is 0 Å². The van der Waals surface area contributed by atoms with Gasteiger partial charge in [0.2, 0.25) is 5.91 Å². The van der Waals surface area contributed by atoms with Gasteiger partial charge in [0.05, 0.1) is 17.2 Å². The Bertz CT molecular complexity index is 814. The van der Waals surface area contributed by atoms with Gasteiger partial charge in [-0.2, -0.15) is 0 Å². The summed E-state index contributed by atoms with van der Waals surface area (Å²) in [5, 5.41) is 2.92. The van der Waals surface area contributed by atoms with Crippen LogP contribution in [0.4, 0.5) is 5.69 Å². The number of piperidine rings is 1. The standard InChI is InChI=1S/C23H29N3O2/c1-16-12-14-26(15-13-16)23(28)19-10-6-7-11-20(19)25-22(27)17(2)21(24)18-8-4-3-5-9-18/h3-11,16-17,21H,12-15,24H2,1-2H3,(H,25,27). The number of nitrogens with two attached hydrogens (primary N) is 1. The van der Waals surface area contributed by atoms with Crippen LogP contribution in [0.1, 0.15) is 48.7 Å². The minimum Gasteiger partial charge on any atom is -0.339 e. The highest BCUT2D eigenvalue weighted by molar-refractivity contribution is 6.04. The maximum atomic E-state index is 13.0. The average Bonchev–Trinajstić information content (AvgIpc) is 2.73. The molecule has 1 fully saturated rings. The number of likely N-dealkylation sites (tertiary alicyclic amines) is 1. The van der Waals surface area contributed by atoms with Gasteiger partial charge < -0.3 is 16.0 Å². The topological polar surface area (TPSA) is 75.4 Å². The number of nitrogens with zero attached hydrogens (tertiary/aromatic N) is 1. The zero-order valence-electron chi connectivity index (χ0n) is 16.6. The summed E-state index contributed by atoms with van der Waals surface area (Å²) in [6.07, 6.45) is 2.03. The van der Waals surface area contributed by atoms with Crippen LogP contribution >= 0.6 is 0 Å². The molecule has 2 unspecified atom stereocenters. The Kier molecular flexibility index (Phi) is 6.47. The number of amides is 2. The van der Waals surface area contributed by atoms with Gasteiger partial charge in [0.25, 0.3) is 5.91 Å². The van der Waals surface area contributed by atoms with Crippen LogP contribution in [0.15, 0.2) is 54.6 Å². The van der Waals surface area contributed by atoms with Crippen molar-refractivity contribution in [3.8, 4) is 0 Å². The van der Waals surface area contributed by atoms with Crippen LogP contribution in [0.3, 0.4) is 0 Å². The molecule has 1 aliphatic heterocycles. The molecule has 2 aromatic rings. The third kappa shape index (κ3) is 4.60. The molecule has 3 N–H and O–H groups in total. The highest BCUT2D eigenvalue weighted by atomic mass is 16.2. The van der Waals surface area contributed by atoms with Crippen molar-refractivity contribution in [2.24, 2.45) is 17.6 Å². The molecule has 0 saturated carbocycles. The van der Waals surface area contributed by atoms with E-state index in [1.807, 2.05) is 54.3 Å². The molecule has 5 nitrogen and oxygen atoms in total. The lowest BCUT2D eigenvalue weighted by Gasteiger charge is -2.31. The molecule has 0 spiro atoms. The first-order valence-electron chi connectivity index (χ1n) is 9.97. The Morgan fingerprint density at radius 2 is 1.64 bits per heavy atom. The van der Waals surface area contributed by atoms with Crippen LogP contribution in [0.2, 0.25) is 0 Å². The molecule has 1 heterocycles. The van der Waals surface area contributed by atoms with Crippen molar-refractivity contribution >= 4 is 17.5 Å². The number of benzene rings is 2. The highest BCUT2D eigenvalue weighted by Gasteiger charge is 2.26. The molecule has 5 heteroatoms. The van der Waals surface area contributed by atoms with Crippen LogP contribution in [0, 0.1) is 11.8 Å². The molecule has 0 aromatic heterocycles. The number of hydrogen-bond acceptors (Lipinski definition) is 3. The van der Waals surface area contributed by atoms with Gasteiger partial charge in [0, 0.05) is 19.1 Å². The summed E-state index contributed by atoms with van der Waals surface area (Å²) in [6, 6.07) is 16.4. The summed E-state index contributed by atoms with van der Waals surface area (Å²) in [5.74, 6) is 0.00685. The molecule has 3 rings (SSSR count). The van der Waals surface area contributed by atoms with Gasteiger partial charge in [0.15, 0.2) is 0 Å². The maximum Gasteiger partial charge on any atom is 0.255 e. The summed E-state index contributed by atoms with van der Waals surface area (Å²) < 4.78 is 0. The predicted molar refractivity (Wildman–Crippen MR) is 112 cm³/mol. The molecular weight excluding hydrogens is 350 g/mol. The van der Waals surface area contributed by atoms with Gasteiger partial charge in [-0.1, -0.05) is 56.3 Å². The molecule has 2 atom stereocenters. The van der Waals surface area contributed by atoms with Crippen LogP contribution in [0.25, 0.3) is 0 Å². The van der Waals surface area contributed by atoms with E-state index in [1.165, 1.54) is 0 Å². The SMILES string of the molecule is CC1CCN(C(=O)c2ccccc2NC(=O)C(C)C(N)c2ccccc2)CC1. The fourth-order valence-electron chi connectivity index (χ4n) is 3.53. The molecule has 0 radical (unpaired) electrons. The molecule has 1 saturated heterocycles. The van der Waals surface area contributed by atoms with Gasteiger partial charge in [-0.25, -0.2) is 0 Å². The Morgan fingerprint density at radius 1 is 1.04 bits per heavy atom. The third-order valence-electron chi connectivity index (χ3n) is 5.62. The van der Waals surface area contributed by atoms with Gasteiger partial charge in [-0.15, -0.1) is 0 Å². The van der Waals surface area contributed by atoms with Crippen molar-refractivity contribution in [3.63, 3.8) is 0 Å². The minimum atomic E-state index is -0.429. The summed E-state index contributed by atoms with van der Waals surface area (Å²) >= 11 is 0. The molecule has 2 amide bonds. The number of carbonyl (C=O) groups excluding carboxylic acids is 2. The summed E-state index contributed by atoms with van der Waals surface area (Å²) in [4.78, 5) is 27.7. The van der Waals surface area contributed by atoms with Crippen molar-refractivity contribution in [1.82, 2.24) is 4.90 Å². The first-order valence-corrected chi connectivity index (χ1v) is 9.97. The van der Waals surface area contributed by atoms with Crippen LogP contribution in [0.5, 0.6) is 0 Å². The number of para-hydroxylation sites is 1. The van der Waals surface area contributed by atoms with E-state index in [2.05, 4.69) is 12.2 Å². The average molecular weight is 380 g/mol. The lowest BCUT2D eigenvalue weighted by atomic mass is 9.94. The van der Waals surface area contributed by atoms with E-state index in [-0.39, 0.29) is 11.8 Å². The van der Waals surface area contributed by atoms with Crippen molar-refractivity contribution < 1.29 is 9.59 Å². The summed E-state index contributed by atoms with van der Waals surface area (Å²) in [7, 11) is 0. The van der Waals surface area contributed by atoms with Crippen LogP contribution < -0.4 is 11.1 Å². The number of carbonyl (C=O) groups is 2. The first kappa shape index (κ1) is 20.1. The van der Waals surface area contributed by atoms with Crippen LogP contribution in [-0.2, 0) is 4.79 Å². The van der Waals surface area contributed by atoms with Gasteiger partial charge >= 0.3 is 0 Å². The summed E-state index contributed by atoms with van der Waals surface area (Å²) in [5.41, 5.74) is 8.28. The second kappa shape index (κ2) is 9.02. The van der Waals surface area contributed by atoms with Crippen molar-refractivity contribution in [2.75, 3.05) is 18.4 Å². The number of nitrogens with one attached hydrogen (secondary N) is 1. The normalized spacial score (nSPS) is 17.0. The summed E-state index contributed by atoms with van der Waals surface area (Å²) in [6.45, 7) is 5.55. The predicted octanol–water partition coefficient (Wildman–Crippen LogP) is 3.83. The molecule has 0 bridgehead atoms. The molecule has 1 aliphatic rings. The number of anilines is 1. The Hall–Kier alpha value is -2.66. The molecular formula is C23H29N3O2. The zero-order valence-corrected chi connectivity index (χ0v) is 16.6. The lowest BCUT2D eigenvalue weighted by molar-refractivity contribution is -0.120.